The minimum absolute atomic E-state index is 0.174. The number of carbonyl (C=O) groups excluding carboxylic acids is 1. The van der Waals surface area contributed by atoms with Crippen LogP contribution in [0.4, 0.5) is 11.5 Å². The number of pyridine rings is 2. The number of anilines is 2. The highest BCUT2D eigenvalue weighted by atomic mass is 16.1. The SMILES string of the molecule is N#Cc1ccc(N2CCCCC2)cn1.NC(=O)c1cccc(-c2ccnc(N[C@@H]3CCCC[C@H]3N)c2)c1. The van der Waals surface area contributed by atoms with Gasteiger partial charge in [-0.1, -0.05) is 25.0 Å². The molecule has 5 N–H and O–H groups in total. The summed E-state index contributed by atoms with van der Waals surface area (Å²) in [7, 11) is 0. The van der Waals surface area contributed by atoms with Gasteiger partial charge in [0, 0.05) is 36.9 Å². The van der Waals surface area contributed by atoms with Crippen molar-refractivity contribution in [3.8, 4) is 17.2 Å². The van der Waals surface area contributed by atoms with Gasteiger partial charge in [-0.3, -0.25) is 4.79 Å². The molecule has 1 saturated carbocycles. The predicted molar refractivity (Wildman–Crippen MR) is 147 cm³/mol. The van der Waals surface area contributed by atoms with Gasteiger partial charge in [0.1, 0.15) is 17.6 Å². The van der Waals surface area contributed by atoms with Crippen LogP contribution in [-0.4, -0.2) is 41.0 Å². The Morgan fingerprint density at radius 1 is 0.973 bits per heavy atom. The summed E-state index contributed by atoms with van der Waals surface area (Å²) in [5.41, 5.74) is 15.6. The molecule has 1 saturated heterocycles. The van der Waals surface area contributed by atoms with E-state index in [1.165, 1.54) is 32.1 Å². The van der Waals surface area contributed by atoms with Crippen molar-refractivity contribution in [3.63, 3.8) is 0 Å². The molecule has 2 atom stereocenters. The molecule has 3 heterocycles. The Kier molecular flexibility index (Phi) is 9.06. The molecule has 5 rings (SSSR count). The topological polar surface area (TPSA) is 134 Å². The van der Waals surface area contributed by atoms with Gasteiger partial charge in [-0.05, 0) is 79.6 Å². The Balaban J connectivity index is 0.000000195. The maximum Gasteiger partial charge on any atom is 0.248 e. The van der Waals surface area contributed by atoms with E-state index in [0.717, 1.165) is 48.6 Å². The molecule has 0 radical (unpaired) electrons. The number of aromatic nitrogens is 2. The summed E-state index contributed by atoms with van der Waals surface area (Å²) in [5.74, 6) is 0.391. The van der Waals surface area contributed by atoms with Crippen molar-refractivity contribution in [3.05, 3.63) is 72.2 Å². The van der Waals surface area contributed by atoms with Crippen molar-refractivity contribution in [1.29, 1.82) is 5.26 Å². The second-order valence-electron chi connectivity index (χ2n) is 9.64. The molecule has 2 aromatic heterocycles. The summed E-state index contributed by atoms with van der Waals surface area (Å²) >= 11 is 0. The average molecular weight is 498 g/mol. The monoisotopic (exact) mass is 497 g/mol. The minimum Gasteiger partial charge on any atom is -0.370 e. The molecule has 3 aromatic rings. The van der Waals surface area contributed by atoms with Gasteiger partial charge in [0.25, 0.3) is 0 Å². The number of nitrogens with two attached hydrogens (primary N) is 2. The number of primary amides is 1. The van der Waals surface area contributed by atoms with E-state index in [1.54, 1.807) is 30.6 Å². The van der Waals surface area contributed by atoms with Gasteiger partial charge in [-0.15, -0.1) is 0 Å². The summed E-state index contributed by atoms with van der Waals surface area (Å²) in [5, 5.41) is 12.1. The van der Waals surface area contributed by atoms with E-state index < -0.39 is 5.91 Å². The highest BCUT2D eigenvalue weighted by molar-refractivity contribution is 5.94. The fourth-order valence-electron chi connectivity index (χ4n) is 4.86. The Hall–Kier alpha value is -3.96. The molecule has 0 bridgehead atoms. The van der Waals surface area contributed by atoms with E-state index in [1.807, 2.05) is 36.4 Å². The lowest BCUT2D eigenvalue weighted by Gasteiger charge is -2.29. The zero-order valence-corrected chi connectivity index (χ0v) is 21.1. The molecule has 2 fully saturated rings. The molecule has 1 amide bonds. The van der Waals surface area contributed by atoms with Crippen LogP contribution in [-0.2, 0) is 0 Å². The number of nitriles is 1. The molecular formula is C29H35N7O. The number of carbonyl (C=O) groups is 1. The third-order valence-electron chi connectivity index (χ3n) is 6.98. The molecule has 37 heavy (non-hydrogen) atoms. The summed E-state index contributed by atoms with van der Waals surface area (Å²) in [6, 6.07) is 17.4. The predicted octanol–water partition coefficient (Wildman–Crippen LogP) is 4.47. The first-order valence-corrected chi connectivity index (χ1v) is 13.0. The molecule has 8 nitrogen and oxygen atoms in total. The summed E-state index contributed by atoms with van der Waals surface area (Å²) in [6.45, 7) is 2.24. The molecule has 2 aliphatic rings. The average Bonchev–Trinajstić information content (AvgIpc) is 2.95. The lowest BCUT2D eigenvalue weighted by Crippen LogP contribution is -2.42. The van der Waals surface area contributed by atoms with Crippen LogP contribution in [0, 0.1) is 11.3 Å². The van der Waals surface area contributed by atoms with Gasteiger partial charge < -0.3 is 21.7 Å². The molecule has 0 unspecified atom stereocenters. The van der Waals surface area contributed by atoms with Gasteiger partial charge >= 0.3 is 0 Å². The first-order valence-electron chi connectivity index (χ1n) is 13.0. The quantitative estimate of drug-likeness (QED) is 0.473. The zero-order valence-electron chi connectivity index (χ0n) is 21.1. The van der Waals surface area contributed by atoms with Gasteiger partial charge in [0.05, 0.1) is 11.9 Å². The molecule has 0 spiro atoms. The van der Waals surface area contributed by atoms with Crippen LogP contribution >= 0.6 is 0 Å². The maximum absolute atomic E-state index is 11.3. The number of nitrogens with zero attached hydrogens (tertiary/aromatic N) is 4. The number of amides is 1. The van der Waals surface area contributed by atoms with Crippen LogP contribution < -0.4 is 21.7 Å². The van der Waals surface area contributed by atoms with Crippen molar-refractivity contribution in [2.24, 2.45) is 11.5 Å². The Morgan fingerprint density at radius 3 is 2.46 bits per heavy atom. The Bertz CT molecular complexity index is 1220. The number of piperidine rings is 1. The highest BCUT2D eigenvalue weighted by Gasteiger charge is 2.21. The normalized spacial score (nSPS) is 19.2. The van der Waals surface area contributed by atoms with Crippen LogP contribution in [0.15, 0.2) is 60.9 Å². The number of nitrogens with one attached hydrogen (secondary N) is 1. The van der Waals surface area contributed by atoms with Crippen molar-refractivity contribution in [1.82, 2.24) is 9.97 Å². The Labute approximate surface area is 218 Å². The van der Waals surface area contributed by atoms with Crippen molar-refractivity contribution in [2.75, 3.05) is 23.3 Å². The largest absolute Gasteiger partial charge is 0.370 e. The first-order chi connectivity index (χ1) is 18.0. The van der Waals surface area contributed by atoms with Gasteiger partial charge in [-0.25, -0.2) is 9.97 Å². The molecule has 192 valence electrons. The summed E-state index contributed by atoms with van der Waals surface area (Å²) in [4.78, 5) is 22.1. The fourth-order valence-corrected chi connectivity index (χ4v) is 4.86. The molecule has 1 aliphatic carbocycles. The van der Waals surface area contributed by atoms with E-state index in [9.17, 15) is 4.79 Å². The molecular weight excluding hydrogens is 462 g/mol. The Morgan fingerprint density at radius 2 is 1.76 bits per heavy atom. The van der Waals surface area contributed by atoms with Gasteiger partial charge in [0.15, 0.2) is 0 Å². The van der Waals surface area contributed by atoms with Crippen molar-refractivity contribution >= 4 is 17.4 Å². The van der Waals surface area contributed by atoms with E-state index in [2.05, 4.69) is 20.2 Å². The lowest BCUT2D eigenvalue weighted by atomic mass is 9.91. The van der Waals surface area contributed by atoms with Crippen LogP contribution in [0.3, 0.4) is 0 Å². The van der Waals surface area contributed by atoms with Crippen molar-refractivity contribution in [2.45, 2.75) is 57.0 Å². The number of hydrogen-bond donors (Lipinski definition) is 3. The highest BCUT2D eigenvalue weighted by Crippen LogP contribution is 2.25. The standard InChI is InChI=1S/C18H22N4O.C11H13N3/c19-15-6-1-2-7-16(15)22-17-11-13(8-9-21-17)12-4-3-5-14(10-12)18(20)23;12-8-10-4-5-11(9-13-10)14-6-2-1-3-7-14/h3-5,8-11,15-16H,1-2,6-7,19H2,(H2,20,23)(H,21,22);4-5,9H,1-3,6-7H2/t15-,16-;/m1./s1. The summed E-state index contributed by atoms with van der Waals surface area (Å²) in [6.07, 6.45) is 12.0. The maximum atomic E-state index is 11.3. The molecule has 1 aromatic carbocycles. The first kappa shape index (κ1) is 26.1. The lowest BCUT2D eigenvalue weighted by molar-refractivity contribution is 0.100. The smallest absolute Gasteiger partial charge is 0.248 e. The van der Waals surface area contributed by atoms with E-state index in [0.29, 0.717) is 11.3 Å². The number of benzene rings is 1. The van der Waals surface area contributed by atoms with Gasteiger partial charge in [-0.2, -0.15) is 5.26 Å². The number of hydrogen-bond acceptors (Lipinski definition) is 7. The van der Waals surface area contributed by atoms with E-state index >= 15 is 0 Å². The number of rotatable bonds is 5. The summed E-state index contributed by atoms with van der Waals surface area (Å²) < 4.78 is 0. The van der Waals surface area contributed by atoms with Crippen LogP contribution in [0.25, 0.3) is 11.1 Å². The fraction of sp³-hybridized carbons (Fsp3) is 0.379. The van der Waals surface area contributed by atoms with Crippen LogP contribution in [0.1, 0.15) is 61.0 Å². The third kappa shape index (κ3) is 7.28. The molecule has 1 aliphatic heterocycles. The van der Waals surface area contributed by atoms with Gasteiger partial charge in [0.2, 0.25) is 5.91 Å². The van der Waals surface area contributed by atoms with E-state index in [-0.39, 0.29) is 12.1 Å². The van der Waals surface area contributed by atoms with Crippen LogP contribution in [0.2, 0.25) is 0 Å². The minimum atomic E-state index is -0.424. The van der Waals surface area contributed by atoms with Crippen molar-refractivity contribution < 1.29 is 4.79 Å². The second kappa shape index (κ2) is 12.8. The van der Waals surface area contributed by atoms with Crippen LogP contribution in [0.5, 0.6) is 0 Å². The molecule has 8 heteroatoms. The van der Waals surface area contributed by atoms with E-state index in [4.69, 9.17) is 16.7 Å². The third-order valence-corrected chi connectivity index (χ3v) is 6.98. The second-order valence-corrected chi connectivity index (χ2v) is 9.64. The zero-order chi connectivity index (χ0) is 26.0.